The molecule has 0 aliphatic carbocycles. The molecule has 0 radical (unpaired) electrons. The Morgan fingerprint density at radius 3 is 2.64 bits per heavy atom. The second-order valence-corrected chi connectivity index (χ2v) is 5.15. The van der Waals surface area contributed by atoms with Crippen molar-refractivity contribution < 1.29 is 14.3 Å². The first-order valence-corrected chi connectivity index (χ1v) is 7.84. The highest BCUT2D eigenvalue weighted by molar-refractivity contribution is 5.92. The van der Waals surface area contributed by atoms with Gasteiger partial charge in [0, 0.05) is 13.1 Å². The Labute approximate surface area is 147 Å². The smallest absolute Gasteiger partial charge is 0.271 e. The zero-order valence-corrected chi connectivity index (χ0v) is 14.4. The van der Waals surface area contributed by atoms with Crippen LogP contribution in [0.5, 0.6) is 11.5 Å². The number of rotatable bonds is 9. The SMILES string of the molecule is C=CCNc1cnc(C(=O)NCCc2ccc(OC)c(OC)c2)cn1. The molecule has 7 nitrogen and oxygen atoms in total. The van der Waals surface area contributed by atoms with E-state index in [9.17, 15) is 4.79 Å². The van der Waals surface area contributed by atoms with Gasteiger partial charge in [0.1, 0.15) is 11.5 Å². The molecule has 1 amide bonds. The number of benzene rings is 1. The van der Waals surface area contributed by atoms with E-state index in [-0.39, 0.29) is 11.6 Å². The van der Waals surface area contributed by atoms with Crippen LogP contribution in [0.2, 0.25) is 0 Å². The zero-order chi connectivity index (χ0) is 18.1. The van der Waals surface area contributed by atoms with Crippen molar-refractivity contribution in [2.75, 3.05) is 32.6 Å². The van der Waals surface area contributed by atoms with E-state index >= 15 is 0 Å². The molecule has 2 rings (SSSR count). The molecule has 0 fully saturated rings. The van der Waals surface area contributed by atoms with Gasteiger partial charge in [-0.3, -0.25) is 4.79 Å². The van der Waals surface area contributed by atoms with Gasteiger partial charge in [0.05, 0.1) is 26.6 Å². The predicted molar refractivity (Wildman–Crippen MR) is 96.3 cm³/mol. The lowest BCUT2D eigenvalue weighted by atomic mass is 10.1. The maximum absolute atomic E-state index is 12.1. The summed E-state index contributed by atoms with van der Waals surface area (Å²) >= 11 is 0. The molecular weight excluding hydrogens is 320 g/mol. The molecule has 2 aromatic rings. The number of carbonyl (C=O) groups is 1. The highest BCUT2D eigenvalue weighted by Gasteiger charge is 2.08. The Bertz CT molecular complexity index is 717. The number of anilines is 1. The highest BCUT2D eigenvalue weighted by Crippen LogP contribution is 2.27. The van der Waals surface area contributed by atoms with Crippen LogP contribution in [0.25, 0.3) is 0 Å². The van der Waals surface area contributed by atoms with E-state index in [1.165, 1.54) is 12.4 Å². The van der Waals surface area contributed by atoms with E-state index in [1.807, 2.05) is 18.2 Å². The second-order valence-electron chi connectivity index (χ2n) is 5.15. The molecule has 1 aromatic carbocycles. The zero-order valence-electron chi connectivity index (χ0n) is 14.4. The third-order valence-corrected chi connectivity index (χ3v) is 3.46. The maximum atomic E-state index is 12.1. The highest BCUT2D eigenvalue weighted by atomic mass is 16.5. The molecule has 0 unspecified atom stereocenters. The first-order valence-electron chi connectivity index (χ1n) is 7.84. The van der Waals surface area contributed by atoms with Gasteiger partial charge in [0.25, 0.3) is 5.91 Å². The van der Waals surface area contributed by atoms with E-state index in [2.05, 4.69) is 27.2 Å². The van der Waals surface area contributed by atoms with Gasteiger partial charge in [-0.1, -0.05) is 12.1 Å². The number of hydrogen-bond donors (Lipinski definition) is 2. The lowest BCUT2D eigenvalue weighted by Gasteiger charge is -2.10. The third kappa shape index (κ3) is 5.20. The number of carbonyl (C=O) groups excluding carboxylic acids is 1. The second kappa shape index (κ2) is 9.27. The summed E-state index contributed by atoms with van der Waals surface area (Å²) in [7, 11) is 3.19. The number of nitrogens with zero attached hydrogens (tertiary/aromatic N) is 2. The van der Waals surface area contributed by atoms with Crippen molar-refractivity contribution in [2.24, 2.45) is 0 Å². The summed E-state index contributed by atoms with van der Waals surface area (Å²) in [6.45, 7) is 4.68. The number of methoxy groups -OCH3 is 2. The van der Waals surface area contributed by atoms with Gasteiger partial charge >= 0.3 is 0 Å². The van der Waals surface area contributed by atoms with E-state index in [0.717, 1.165) is 5.56 Å². The lowest BCUT2D eigenvalue weighted by Crippen LogP contribution is -2.26. The van der Waals surface area contributed by atoms with Gasteiger partial charge in [-0.25, -0.2) is 9.97 Å². The van der Waals surface area contributed by atoms with Crippen molar-refractivity contribution in [1.82, 2.24) is 15.3 Å². The summed E-state index contributed by atoms with van der Waals surface area (Å²) in [5.41, 5.74) is 1.31. The third-order valence-electron chi connectivity index (χ3n) is 3.46. The summed E-state index contributed by atoms with van der Waals surface area (Å²) in [4.78, 5) is 20.3. The van der Waals surface area contributed by atoms with Crippen molar-refractivity contribution in [3.8, 4) is 11.5 Å². The Balaban J connectivity index is 1.86. The average Bonchev–Trinajstić information content (AvgIpc) is 2.66. The van der Waals surface area contributed by atoms with Crippen molar-refractivity contribution in [1.29, 1.82) is 0 Å². The van der Waals surface area contributed by atoms with Crippen LogP contribution < -0.4 is 20.1 Å². The van der Waals surface area contributed by atoms with Crippen LogP contribution in [0.3, 0.4) is 0 Å². The van der Waals surface area contributed by atoms with Crippen LogP contribution in [-0.4, -0.2) is 43.2 Å². The number of aromatic nitrogens is 2. The van der Waals surface area contributed by atoms with Crippen molar-refractivity contribution in [3.05, 3.63) is 54.5 Å². The van der Waals surface area contributed by atoms with Gasteiger partial charge in [-0.15, -0.1) is 6.58 Å². The molecule has 25 heavy (non-hydrogen) atoms. The minimum atomic E-state index is -0.261. The monoisotopic (exact) mass is 342 g/mol. The summed E-state index contributed by atoms with van der Waals surface area (Å²) in [6.07, 6.45) is 5.35. The molecule has 0 spiro atoms. The molecule has 132 valence electrons. The van der Waals surface area contributed by atoms with E-state index in [4.69, 9.17) is 9.47 Å². The molecule has 0 aliphatic heterocycles. The lowest BCUT2D eigenvalue weighted by molar-refractivity contribution is 0.0949. The van der Waals surface area contributed by atoms with Crippen molar-refractivity contribution in [3.63, 3.8) is 0 Å². The molecule has 0 aliphatic rings. The first-order chi connectivity index (χ1) is 12.2. The van der Waals surface area contributed by atoms with Gasteiger partial charge in [0.15, 0.2) is 11.5 Å². The Morgan fingerprint density at radius 2 is 2.00 bits per heavy atom. The fraction of sp³-hybridized carbons (Fsp3) is 0.278. The van der Waals surface area contributed by atoms with E-state index < -0.39 is 0 Å². The number of hydrogen-bond acceptors (Lipinski definition) is 6. The molecule has 1 heterocycles. The van der Waals surface area contributed by atoms with Crippen LogP contribution >= 0.6 is 0 Å². The topological polar surface area (TPSA) is 85.4 Å². The average molecular weight is 342 g/mol. The molecule has 1 aromatic heterocycles. The van der Waals surface area contributed by atoms with Gasteiger partial charge in [-0.2, -0.15) is 0 Å². The number of ether oxygens (including phenoxy) is 2. The molecule has 0 atom stereocenters. The van der Waals surface area contributed by atoms with Gasteiger partial charge in [0.2, 0.25) is 0 Å². The van der Waals surface area contributed by atoms with Crippen LogP contribution in [0.4, 0.5) is 5.82 Å². The Morgan fingerprint density at radius 1 is 1.20 bits per heavy atom. The number of nitrogens with one attached hydrogen (secondary N) is 2. The van der Waals surface area contributed by atoms with Gasteiger partial charge in [-0.05, 0) is 24.1 Å². The molecule has 7 heteroatoms. The first kappa shape index (κ1) is 18.3. The van der Waals surface area contributed by atoms with Crippen LogP contribution in [0.15, 0.2) is 43.2 Å². The van der Waals surface area contributed by atoms with Gasteiger partial charge < -0.3 is 20.1 Å². The molecule has 0 bridgehead atoms. The predicted octanol–water partition coefficient (Wildman–Crippen LogP) is 2.06. The van der Waals surface area contributed by atoms with E-state index in [0.29, 0.717) is 36.8 Å². The fourth-order valence-electron chi connectivity index (χ4n) is 2.16. The normalized spacial score (nSPS) is 10.0. The summed E-state index contributed by atoms with van der Waals surface area (Å²) < 4.78 is 10.5. The Hall–Kier alpha value is -3.09. The van der Waals surface area contributed by atoms with Crippen molar-refractivity contribution in [2.45, 2.75) is 6.42 Å². The van der Waals surface area contributed by atoms with Crippen LogP contribution in [0.1, 0.15) is 16.1 Å². The molecule has 0 saturated carbocycles. The summed E-state index contributed by atoms with van der Waals surface area (Å²) in [5.74, 6) is 1.68. The summed E-state index contributed by atoms with van der Waals surface area (Å²) in [5, 5.41) is 5.83. The maximum Gasteiger partial charge on any atom is 0.271 e. The molecular formula is C18H22N4O3. The van der Waals surface area contributed by atoms with Crippen molar-refractivity contribution >= 4 is 11.7 Å². The van der Waals surface area contributed by atoms with Crippen LogP contribution in [0, 0.1) is 0 Å². The minimum Gasteiger partial charge on any atom is -0.493 e. The van der Waals surface area contributed by atoms with Crippen LogP contribution in [-0.2, 0) is 6.42 Å². The number of amides is 1. The summed E-state index contributed by atoms with van der Waals surface area (Å²) in [6, 6.07) is 5.68. The quantitative estimate of drug-likeness (QED) is 0.679. The minimum absolute atomic E-state index is 0.261. The standard InChI is InChI=1S/C18H22N4O3/c1-4-8-19-17-12-21-14(11-22-17)18(23)20-9-7-13-5-6-15(24-2)16(10-13)25-3/h4-6,10-12H,1,7-9H2,2-3H3,(H,19,22)(H,20,23). The van der Waals surface area contributed by atoms with E-state index in [1.54, 1.807) is 20.3 Å². The fourth-order valence-corrected chi connectivity index (χ4v) is 2.16. The molecule has 2 N–H and O–H groups in total. The molecule has 0 saturated heterocycles. The Kier molecular flexibility index (Phi) is 6.76. The largest absolute Gasteiger partial charge is 0.493 e.